The van der Waals surface area contributed by atoms with Crippen LogP contribution in [0.5, 0.6) is 0 Å². The van der Waals surface area contributed by atoms with Crippen LogP contribution in [0.3, 0.4) is 0 Å². The fourth-order valence-electron chi connectivity index (χ4n) is 4.46. The van der Waals surface area contributed by atoms with Gasteiger partial charge in [0, 0.05) is 5.03 Å². The number of hydrogen-bond donors (Lipinski definition) is 1. The highest BCUT2D eigenvalue weighted by atomic mass is 35.5. The maximum absolute atomic E-state index is 8.80. The van der Waals surface area contributed by atoms with Crippen molar-refractivity contribution in [2.45, 2.75) is 160 Å². The molecule has 4 unspecified atom stereocenters. The largest absolute Gasteiger partial charge is 0.393 e. The van der Waals surface area contributed by atoms with Crippen LogP contribution >= 0.6 is 11.6 Å². The Morgan fingerprint density at radius 3 is 1.65 bits per heavy atom. The van der Waals surface area contributed by atoms with Gasteiger partial charge in [0.2, 0.25) is 0 Å². The molecule has 1 nitrogen and oxygen atoms in total. The number of rotatable bonds is 7. The van der Waals surface area contributed by atoms with Gasteiger partial charge >= 0.3 is 0 Å². The number of aliphatic hydroxyl groups is 1. The Labute approximate surface area is 222 Å². The van der Waals surface area contributed by atoms with Gasteiger partial charge in [-0.3, -0.25) is 0 Å². The number of allylic oxidation sites excluding steroid dienone is 2. The molecule has 0 aromatic heterocycles. The lowest BCUT2D eigenvalue weighted by molar-refractivity contribution is 0.176. The molecule has 0 bridgehead atoms. The molecular weight excluding hydrogens is 436 g/mol. The standard InChI is InChI=1S/C12H19Cl.C9H20.C7H16O.2C2H6/c13-12-8-6-11(7-9-12)10-4-2-1-3-5-10;1-6-8(4)9(5)7(2)3;1-6(2)4-5-7(3)8;2*1-2/h8,10-11H,1-7,9H2;7-9H,6H2,1-5H3;6-8H,4-5H2,1-3H3;2*1-2H3. The van der Waals surface area contributed by atoms with Crippen molar-refractivity contribution in [1.82, 2.24) is 0 Å². The van der Waals surface area contributed by atoms with Crippen LogP contribution in [0.1, 0.15) is 154 Å². The summed E-state index contributed by atoms with van der Waals surface area (Å²) in [6, 6.07) is 0. The van der Waals surface area contributed by atoms with Crippen LogP contribution in [-0.2, 0) is 0 Å². The summed E-state index contributed by atoms with van der Waals surface area (Å²) in [4.78, 5) is 0. The summed E-state index contributed by atoms with van der Waals surface area (Å²) >= 11 is 5.98. The van der Waals surface area contributed by atoms with Gasteiger partial charge in [-0.25, -0.2) is 0 Å². The van der Waals surface area contributed by atoms with Gasteiger partial charge in [0.15, 0.2) is 0 Å². The summed E-state index contributed by atoms with van der Waals surface area (Å²) in [6.07, 6.45) is 16.7. The lowest BCUT2D eigenvalue weighted by Gasteiger charge is -2.31. The van der Waals surface area contributed by atoms with E-state index in [4.69, 9.17) is 16.7 Å². The third kappa shape index (κ3) is 22.5. The van der Waals surface area contributed by atoms with Crippen molar-refractivity contribution >= 4 is 11.6 Å². The molecule has 0 heterocycles. The summed E-state index contributed by atoms with van der Waals surface area (Å²) in [5.74, 6) is 5.34. The van der Waals surface area contributed by atoms with E-state index in [1.165, 1.54) is 51.4 Å². The highest BCUT2D eigenvalue weighted by Crippen LogP contribution is 2.38. The van der Waals surface area contributed by atoms with Crippen LogP contribution in [0.25, 0.3) is 0 Å². The fraction of sp³-hybridized carbons (Fsp3) is 0.938. The second-order valence-electron chi connectivity index (χ2n) is 10.9. The molecule has 1 fully saturated rings. The van der Waals surface area contributed by atoms with Gasteiger partial charge in [-0.05, 0) is 74.5 Å². The Balaban J connectivity index is -0.000000409. The topological polar surface area (TPSA) is 20.2 Å². The van der Waals surface area contributed by atoms with Crippen molar-refractivity contribution in [2.75, 3.05) is 0 Å². The second-order valence-corrected chi connectivity index (χ2v) is 11.4. The molecule has 1 N–H and O–H groups in total. The van der Waals surface area contributed by atoms with Gasteiger partial charge < -0.3 is 5.11 Å². The molecule has 0 aromatic rings. The van der Waals surface area contributed by atoms with Crippen LogP contribution < -0.4 is 0 Å². The molecule has 0 aliphatic heterocycles. The molecule has 1 saturated carbocycles. The quantitative estimate of drug-likeness (QED) is 0.366. The summed E-state index contributed by atoms with van der Waals surface area (Å²) in [5, 5.41) is 9.91. The Bertz CT molecular complexity index is 413. The molecule has 2 aliphatic carbocycles. The number of halogens is 1. The molecule has 0 saturated heterocycles. The van der Waals surface area contributed by atoms with E-state index >= 15 is 0 Å². The maximum Gasteiger partial charge on any atom is 0.0512 e. The van der Waals surface area contributed by atoms with Gasteiger partial charge in [0.25, 0.3) is 0 Å². The second kappa shape index (κ2) is 26.1. The molecule has 2 aliphatic rings. The summed E-state index contributed by atoms with van der Waals surface area (Å²) in [6.45, 7) is 25.7. The van der Waals surface area contributed by atoms with E-state index in [0.717, 1.165) is 59.8 Å². The van der Waals surface area contributed by atoms with Crippen LogP contribution in [-0.4, -0.2) is 11.2 Å². The van der Waals surface area contributed by atoms with E-state index in [1.54, 1.807) is 0 Å². The Kier molecular flexibility index (Phi) is 29.5. The first kappa shape index (κ1) is 38.5. The normalized spacial score (nSPS) is 20.6. The maximum atomic E-state index is 8.80. The molecule has 0 amide bonds. The zero-order valence-electron chi connectivity index (χ0n) is 25.7. The minimum atomic E-state index is -0.114. The first-order chi connectivity index (χ1) is 16.1. The molecule has 34 heavy (non-hydrogen) atoms. The van der Waals surface area contributed by atoms with Gasteiger partial charge in [-0.2, -0.15) is 0 Å². The highest BCUT2D eigenvalue weighted by Gasteiger charge is 2.24. The van der Waals surface area contributed by atoms with Crippen molar-refractivity contribution < 1.29 is 5.11 Å². The van der Waals surface area contributed by atoms with Crippen molar-refractivity contribution in [3.63, 3.8) is 0 Å². The Morgan fingerprint density at radius 2 is 1.35 bits per heavy atom. The molecule has 208 valence electrons. The van der Waals surface area contributed by atoms with Crippen LogP contribution in [0.2, 0.25) is 0 Å². The predicted molar refractivity (Wildman–Crippen MR) is 160 cm³/mol. The van der Waals surface area contributed by atoms with Gasteiger partial charge in [0.1, 0.15) is 0 Å². The third-order valence-corrected chi connectivity index (χ3v) is 7.81. The molecule has 2 rings (SSSR count). The van der Waals surface area contributed by atoms with Crippen LogP contribution in [0.4, 0.5) is 0 Å². The number of aliphatic hydroxyl groups excluding tert-OH is 1. The third-order valence-electron chi connectivity index (χ3n) is 7.47. The molecule has 4 atom stereocenters. The van der Waals surface area contributed by atoms with Crippen LogP contribution in [0, 0.1) is 35.5 Å². The van der Waals surface area contributed by atoms with E-state index in [2.05, 4.69) is 54.5 Å². The molecule has 0 aromatic carbocycles. The molecule has 2 heteroatoms. The van der Waals surface area contributed by atoms with Crippen molar-refractivity contribution in [2.24, 2.45) is 35.5 Å². The lowest BCUT2D eigenvalue weighted by atomic mass is 9.75. The fourth-order valence-corrected chi connectivity index (χ4v) is 4.66. The van der Waals surface area contributed by atoms with Gasteiger partial charge in [-0.1, -0.05) is 132 Å². The lowest BCUT2D eigenvalue weighted by Crippen LogP contribution is -2.19. The Morgan fingerprint density at radius 1 is 0.824 bits per heavy atom. The molecular formula is C32H67ClO. The summed E-state index contributed by atoms with van der Waals surface area (Å²) in [7, 11) is 0. The molecule has 0 radical (unpaired) electrons. The Hall–Kier alpha value is -0.0100. The van der Waals surface area contributed by atoms with E-state index in [9.17, 15) is 0 Å². The monoisotopic (exact) mass is 502 g/mol. The highest BCUT2D eigenvalue weighted by molar-refractivity contribution is 6.29. The van der Waals surface area contributed by atoms with Crippen molar-refractivity contribution in [1.29, 1.82) is 0 Å². The van der Waals surface area contributed by atoms with Gasteiger partial charge in [0.05, 0.1) is 6.10 Å². The minimum Gasteiger partial charge on any atom is -0.393 e. The average molecular weight is 503 g/mol. The predicted octanol–water partition coefficient (Wildman–Crippen LogP) is 11.7. The van der Waals surface area contributed by atoms with E-state index < -0.39 is 0 Å². The SMILES string of the molecule is CC.CC.CC(C)CCC(C)O.CCC(C)C(C)C(C)C.ClC1=CCC(C2CCCCC2)CC1. The van der Waals surface area contributed by atoms with Crippen molar-refractivity contribution in [3.05, 3.63) is 11.1 Å². The average Bonchev–Trinajstić information content (AvgIpc) is 2.86. The van der Waals surface area contributed by atoms with Gasteiger partial charge in [-0.15, -0.1) is 0 Å². The summed E-state index contributed by atoms with van der Waals surface area (Å²) < 4.78 is 0. The van der Waals surface area contributed by atoms with E-state index in [0.29, 0.717) is 0 Å². The number of hydrogen-bond acceptors (Lipinski definition) is 1. The smallest absolute Gasteiger partial charge is 0.0512 e. The first-order valence-corrected chi connectivity index (χ1v) is 15.5. The molecule has 0 spiro atoms. The zero-order valence-corrected chi connectivity index (χ0v) is 26.5. The first-order valence-electron chi connectivity index (χ1n) is 15.1. The van der Waals surface area contributed by atoms with Crippen LogP contribution in [0.15, 0.2) is 11.1 Å². The van der Waals surface area contributed by atoms with E-state index in [-0.39, 0.29) is 6.10 Å². The minimum absolute atomic E-state index is 0.114. The summed E-state index contributed by atoms with van der Waals surface area (Å²) in [5.41, 5.74) is 0. The van der Waals surface area contributed by atoms with Crippen molar-refractivity contribution in [3.8, 4) is 0 Å². The van der Waals surface area contributed by atoms with E-state index in [1.807, 2.05) is 34.6 Å². The zero-order chi connectivity index (χ0) is 27.1.